The van der Waals surface area contributed by atoms with Crippen molar-refractivity contribution in [3.05, 3.63) is 0 Å². The molecule has 2 N–H and O–H groups in total. The van der Waals surface area contributed by atoms with Crippen LogP contribution in [0.25, 0.3) is 0 Å². The Hall–Kier alpha value is -0.940. The fourth-order valence-corrected chi connectivity index (χ4v) is 2.71. The van der Waals surface area contributed by atoms with E-state index in [9.17, 15) is 9.59 Å². The molecule has 2 fully saturated rings. The number of hydrogen-bond donors (Lipinski definition) is 2. The highest BCUT2D eigenvalue weighted by Gasteiger charge is 2.39. The van der Waals surface area contributed by atoms with Crippen molar-refractivity contribution < 1.29 is 14.7 Å². The summed E-state index contributed by atoms with van der Waals surface area (Å²) in [6.07, 6.45) is 4.12. The molecule has 2 atom stereocenters. The van der Waals surface area contributed by atoms with E-state index in [1.807, 2.05) is 0 Å². The van der Waals surface area contributed by atoms with Gasteiger partial charge in [0.1, 0.15) is 0 Å². The molecule has 90 valence electrons. The van der Waals surface area contributed by atoms with E-state index in [1.54, 1.807) is 0 Å². The third kappa shape index (κ3) is 2.25. The molecule has 0 radical (unpaired) electrons. The van der Waals surface area contributed by atoms with E-state index >= 15 is 0 Å². The lowest BCUT2D eigenvalue weighted by Gasteiger charge is -2.28. The van der Waals surface area contributed by atoms with E-state index in [2.05, 4.69) is 10.2 Å². The molecule has 2 unspecified atom stereocenters. The fraction of sp³-hybridized carbons (Fsp3) is 0.818. The summed E-state index contributed by atoms with van der Waals surface area (Å²) in [6, 6.07) is 0.0903. The maximum absolute atomic E-state index is 11.6. The van der Waals surface area contributed by atoms with Gasteiger partial charge in [-0.05, 0) is 32.2 Å². The first-order valence-corrected chi connectivity index (χ1v) is 5.92. The van der Waals surface area contributed by atoms with Crippen molar-refractivity contribution in [3.63, 3.8) is 0 Å². The molecule has 0 bridgehead atoms. The van der Waals surface area contributed by atoms with Crippen molar-refractivity contribution >= 4 is 11.8 Å². The van der Waals surface area contributed by atoms with E-state index in [0.29, 0.717) is 12.5 Å². The number of nitrogens with one attached hydrogen (secondary N) is 1. The van der Waals surface area contributed by atoms with Crippen LogP contribution in [0.15, 0.2) is 0 Å². The first-order chi connectivity index (χ1) is 7.72. The van der Waals surface area contributed by atoms with Gasteiger partial charge in [0.25, 0.3) is 0 Å². The van der Waals surface area contributed by atoms with E-state index in [0.717, 1.165) is 32.2 Å². The molecular formula is C11H18N2O3. The van der Waals surface area contributed by atoms with Gasteiger partial charge in [-0.3, -0.25) is 19.8 Å². The lowest BCUT2D eigenvalue weighted by molar-refractivity contribution is -0.126. The Morgan fingerprint density at radius 3 is 2.88 bits per heavy atom. The number of carbonyl (C=O) groups is 2. The Bertz CT molecular complexity index is 293. The van der Waals surface area contributed by atoms with Crippen molar-refractivity contribution in [3.8, 4) is 0 Å². The molecule has 0 saturated carbocycles. The van der Waals surface area contributed by atoms with Crippen LogP contribution >= 0.6 is 0 Å². The van der Waals surface area contributed by atoms with Gasteiger partial charge in [0.15, 0.2) is 0 Å². The SMILES string of the molecule is O=C1CC(N2CCCC2CCCO)C(=O)N1. The average Bonchev–Trinajstić information content (AvgIpc) is 2.81. The smallest absolute Gasteiger partial charge is 0.244 e. The highest BCUT2D eigenvalue weighted by Crippen LogP contribution is 2.26. The van der Waals surface area contributed by atoms with E-state index < -0.39 is 0 Å². The maximum Gasteiger partial charge on any atom is 0.244 e. The second kappa shape index (κ2) is 4.93. The Morgan fingerprint density at radius 2 is 2.25 bits per heavy atom. The van der Waals surface area contributed by atoms with Crippen LogP contribution < -0.4 is 5.32 Å². The molecule has 2 amide bonds. The number of aliphatic hydroxyl groups is 1. The molecule has 16 heavy (non-hydrogen) atoms. The van der Waals surface area contributed by atoms with Crippen LogP contribution in [-0.2, 0) is 9.59 Å². The van der Waals surface area contributed by atoms with Crippen molar-refractivity contribution in [1.82, 2.24) is 10.2 Å². The minimum Gasteiger partial charge on any atom is -0.396 e. The summed E-state index contributed by atoms with van der Waals surface area (Å²) < 4.78 is 0. The van der Waals surface area contributed by atoms with Gasteiger partial charge in [0, 0.05) is 12.6 Å². The molecule has 2 aliphatic heterocycles. The third-order valence-electron chi connectivity index (χ3n) is 3.46. The van der Waals surface area contributed by atoms with Crippen LogP contribution in [0.5, 0.6) is 0 Å². The van der Waals surface area contributed by atoms with Gasteiger partial charge in [-0.1, -0.05) is 0 Å². The maximum atomic E-state index is 11.6. The summed E-state index contributed by atoms with van der Waals surface area (Å²) in [4.78, 5) is 24.8. The lowest BCUT2D eigenvalue weighted by atomic mass is 10.1. The van der Waals surface area contributed by atoms with E-state index in [1.165, 1.54) is 0 Å². The molecule has 2 rings (SSSR count). The van der Waals surface area contributed by atoms with Crippen LogP contribution in [0.3, 0.4) is 0 Å². The number of nitrogens with zero attached hydrogens (tertiary/aromatic N) is 1. The predicted molar refractivity (Wildman–Crippen MR) is 57.6 cm³/mol. The second-order valence-electron chi connectivity index (χ2n) is 4.53. The van der Waals surface area contributed by atoms with E-state index in [-0.39, 0.29) is 24.5 Å². The number of amides is 2. The number of carbonyl (C=O) groups excluding carboxylic acids is 2. The molecular weight excluding hydrogens is 208 g/mol. The first kappa shape index (κ1) is 11.5. The molecule has 0 aromatic heterocycles. The second-order valence-corrected chi connectivity index (χ2v) is 4.53. The first-order valence-electron chi connectivity index (χ1n) is 5.92. The Kier molecular flexibility index (Phi) is 3.56. The largest absolute Gasteiger partial charge is 0.396 e. The zero-order valence-corrected chi connectivity index (χ0v) is 9.32. The topological polar surface area (TPSA) is 69.6 Å². The number of imide groups is 1. The molecule has 2 aliphatic rings. The quantitative estimate of drug-likeness (QED) is 0.642. The predicted octanol–water partition coefficient (Wildman–Crippen LogP) is -0.362. The van der Waals surface area contributed by atoms with Crippen molar-refractivity contribution in [2.24, 2.45) is 0 Å². The standard InChI is InChI=1S/C11H18N2O3/c14-6-2-4-8-3-1-5-13(8)9-7-10(15)12-11(9)16/h8-9,14H,1-7H2,(H,12,15,16). The average molecular weight is 226 g/mol. The minimum absolute atomic E-state index is 0.152. The Labute approximate surface area is 94.8 Å². The highest BCUT2D eigenvalue weighted by molar-refractivity contribution is 6.05. The number of likely N-dealkylation sites (tertiary alicyclic amines) is 1. The zero-order chi connectivity index (χ0) is 11.5. The normalized spacial score (nSPS) is 31.1. The van der Waals surface area contributed by atoms with E-state index in [4.69, 9.17) is 5.11 Å². The molecule has 0 spiro atoms. The summed E-state index contributed by atoms with van der Waals surface area (Å²) >= 11 is 0. The number of aliphatic hydroxyl groups excluding tert-OH is 1. The third-order valence-corrected chi connectivity index (χ3v) is 3.46. The van der Waals surface area contributed by atoms with Crippen molar-refractivity contribution in [2.75, 3.05) is 13.2 Å². The van der Waals surface area contributed by atoms with Gasteiger partial charge < -0.3 is 5.11 Å². The van der Waals surface area contributed by atoms with Gasteiger partial charge in [-0.25, -0.2) is 0 Å². The summed E-state index contributed by atoms with van der Waals surface area (Å²) in [6.45, 7) is 1.08. The molecule has 5 heteroatoms. The number of rotatable bonds is 4. The van der Waals surface area contributed by atoms with Gasteiger partial charge in [0.05, 0.1) is 12.5 Å². The van der Waals surface area contributed by atoms with Crippen molar-refractivity contribution in [1.29, 1.82) is 0 Å². The zero-order valence-electron chi connectivity index (χ0n) is 9.32. The lowest BCUT2D eigenvalue weighted by Crippen LogP contribution is -2.43. The summed E-state index contributed by atoms with van der Waals surface area (Å²) in [7, 11) is 0. The highest BCUT2D eigenvalue weighted by atomic mass is 16.3. The molecule has 2 heterocycles. The van der Waals surface area contributed by atoms with Crippen molar-refractivity contribution in [2.45, 2.75) is 44.2 Å². The van der Waals surface area contributed by atoms with Crippen LogP contribution in [0.2, 0.25) is 0 Å². The minimum atomic E-state index is -0.265. The van der Waals surface area contributed by atoms with Crippen LogP contribution in [-0.4, -0.2) is 47.1 Å². The summed E-state index contributed by atoms with van der Waals surface area (Å²) in [5, 5.41) is 11.2. The fourth-order valence-electron chi connectivity index (χ4n) is 2.71. The van der Waals surface area contributed by atoms with Crippen LogP contribution in [0.1, 0.15) is 32.1 Å². The summed E-state index contributed by atoms with van der Waals surface area (Å²) in [5.41, 5.74) is 0. The van der Waals surface area contributed by atoms with Gasteiger partial charge >= 0.3 is 0 Å². The van der Waals surface area contributed by atoms with Crippen LogP contribution in [0, 0.1) is 0 Å². The molecule has 0 aromatic rings. The molecule has 0 aromatic carbocycles. The number of hydrogen-bond acceptors (Lipinski definition) is 4. The summed E-state index contributed by atoms with van der Waals surface area (Å²) in [5.74, 6) is -0.316. The van der Waals surface area contributed by atoms with Gasteiger partial charge in [-0.2, -0.15) is 0 Å². The molecule has 0 aliphatic carbocycles. The Balaban J connectivity index is 1.97. The molecule has 2 saturated heterocycles. The molecule has 5 nitrogen and oxygen atoms in total. The van der Waals surface area contributed by atoms with Gasteiger partial charge in [0.2, 0.25) is 11.8 Å². The Morgan fingerprint density at radius 1 is 1.44 bits per heavy atom. The van der Waals surface area contributed by atoms with Gasteiger partial charge in [-0.15, -0.1) is 0 Å². The van der Waals surface area contributed by atoms with Crippen LogP contribution in [0.4, 0.5) is 0 Å². The monoisotopic (exact) mass is 226 g/mol.